The van der Waals surface area contributed by atoms with Crippen molar-refractivity contribution in [3.63, 3.8) is 0 Å². The SMILES string of the molecule is Cc1ccc(OCc2nnc([C@H]3CCO[C@@H]3c3ccccc3)o2)cc1C. The summed E-state index contributed by atoms with van der Waals surface area (Å²) in [6.07, 6.45) is 0.837. The average Bonchev–Trinajstić information content (AvgIpc) is 3.32. The Labute approximate surface area is 153 Å². The van der Waals surface area contributed by atoms with Gasteiger partial charge in [-0.25, -0.2) is 0 Å². The molecular formula is C21H22N2O3. The Morgan fingerprint density at radius 1 is 1.04 bits per heavy atom. The van der Waals surface area contributed by atoms with Crippen molar-refractivity contribution in [1.82, 2.24) is 10.2 Å². The van der Waals surface area contributed by atoms with Crippen LogP contribution in [0.15, 0.2) is 52.9 Å². The Bertz CT molecular complexity index is 876. The van der Waals surface area contributed by atoms with Crippen molar-refractivity contribution in [3.05, 3.63) is 77.0 Å². The summed E-state index contributed by atoms with van der Waals surface area (Å²) in [5.41, 5.74) is 3.58. The van der Waals surface area contributed by atoms with Gasteiger partial charge in [0.1, 0.15) is 5.75 Å². The molecular weight excluding hydrogens is 328 g/mol. The van der Waals surface area contributed by atoms with Crippen molar-refractivity contribution < 1.29 is 13.9 Å². The lowest BCUT2D eigenvalue weighted by Gasteiger charge is -2.15. The van der Waals surface area contributed by atoms with Gasteiger partial charge in [0.25, 0.3) is 5.89 Å². The van der Waals surface area contributed by atoms with Crippen LogP contribution in [0.1, 0.15) is 46.9 Å². The second-order valence-corrected chi connectivity index (χ2v) is 6.67. The minimum absolute atomic E-state index is 0.0369. The first-order chi connectivity index (χ1) is 12.7. The molecule has 3 aromatic rings. The van der Waals surface area contributed by atoms with Crippen molar-refractivity contribution in [3.8, 4) is 5.75 Å². The molecule has 2 atom stereocenters. The zero-order valence-electron chi connectivity index (χ0n) is 15.0. The third-order valence-electron chi connectivity index (χ3n) is 4.86. The van der Waals surface area contributed by atoms with Gasteiger partial charge in [-0.15, -0.1) is 10.2 Å². The smallest absolute Gasteiger partial charge is 0.253 e. The van der Waals surface area contributed by atoms with E-state index >= 15 is 0 Å². The van der Waals surface area contributed by atoms with Crippen LogP contribution in [-0.2, 0) is 11.3 Å². The summed E-state index contributed by atoms with van der Waals surface area (Å²) in [5.74, 6) is 1.99. The number of ether oxygens (including phenoxy) is 2. The van der Waals surface area contributed by atoms with Crippen LogP contribution < -0.4 is 4.74 Å². The number of hydrogen-bond donors (Lipinski definition) is 0. The summed E-state index contributed by atoms with van der Waals surface area (Å²) in [6, 6.07) is 16.2. The van der Waals surface area contributed by atoms with Crippen LogP contribution in [0, 0.1) is 13.8 Å². The van der Waals surface area contributed by atoms with Gasteiger partial charge >= 0.3 is 0 Å². The Morgan fingerprint density at radius 2 is 1.88 bits per heavy atom. The molecule has 1 fully saturated rings. The van der Waals surface area contributed by atoms with Gasteiger partial charge in [0, 0.05) is 6.61 Å². The summed E-state index contributed by atoms with van der Waals surface area (Å²) < 4.78 is 17.6. The highest BCUT2D eigenvalue weighted by Crippen LogP contribution is 2.40. The first-order valence-electron chi connectivity index (χ1n) is 8.89. The standard InChI is InChI=1S/C21H22N2O3/c1-14-8-9-17(12-15(14)2)25-13-19-22-23-21(26-19)18-10-11-24-20(18)16-6-4-3-5-7-16/h3-9,12,18,20H,10-11,13H2,1-2H3/t18-,20+/m0/s1. The largest absolute Gasteiger partial charge is 0.484 e. The fraction of sp³-hybridized carbons (Fsp3) is 0.333. The van der Waals surface area contributed by atoms with E-state index in [-0.39, 0.29) is 18.6 Å². The van der Waals surface area contributed by atoms with Gasteiger partial charge in [-0.05, 0) is 49.1 Å². The van der Waals surface area contributed by atoms with Crippen LogP contribution in [-0.4, -0.2) is 16.8 Å². The van der Waals surface area contributed by atoms with Crippen molar-refractivity contribution in [2.75, 3.05) is 6.61 Å². The number of hydrogen-bond acceptors (Lipinski definition) is 5. The average molecular weight is 350 g/mol. The third-order valence-corrected chi connectivity index (χ3v) is 4.86. The molecule has 0 amide bonds. The van der Waals surface area contributed by atoms with Crippen LogP contribution in [0.5, 0.6) is 5.75 Å². The van der Waals surface area contributed by atoms with Gasteiger partial charge < -0.3 is 13.9 Å². The molecule has 0 N–H and O–H groups in total. The second kappa shape index (κ2) is 7.30. The van der Waals surface area contributed by atoms with Gasteiger partial charge in [0.2, 0.25) is 5.89 Å². The molecule has 2 aromatic carbocycles. The number of benzene rings is 2. The molecule has 0 aliphatic carbocycles. The summed E-state index contributed by atoms with van der Waals surface area (Å²) in [6.45, 7) is 5.10. The number of aryl methyl sites for hydroxylation is 2. The highest BCUT2D eigenvalue weighted by Gasteiger charge is 2.34. The monoisotopic (exact) mass is 350 g/mol. The van der Waals surface area contributed by atoms with E-state index < -0.39 is 0 Å². The Kier molecular flexibility index (Phi) is 4.71. The number of nitrogens with zero attached hydrogens (tertiary/aromatic N) is 2. The highest BCUT2D eigenvalue weighted by molar-refractivity contribution is 5.33. The maximum absolute atomic E-state index is 5.91. The molecule has 5 heteroatoms. The first-order valence-corrected chi connectivity index (χ1v) is 8.89. The fourth-order valence-corrected chi connectivity index (χ4v) is 3.24. The molecule has 0 radical (unpaired) electrons. The molecule has 1 aliphatic rings. The van der Waals surface area contributed by atoms with Crippen molar-refractivity contribution in [1.29, 1.82) is 0 Å². The van der Waals surface area contributed by atoms with Gasteiger partial charge in [-0.1, -0.05) is 36.4 Å². The molecule has 1 aliphatic heterocycles. The minimum Gasteiger partial charge on any atom is -0.484 e. The normalized spacial score (nSPS) is 19.6. The van der Waals surface area contributed by atoms with E-state index in [1.807, 2.05) is 36.4 Å². The van der Waals surface area contributed by atoms with Crippen LogP contribution in [0.3, 0.4) is 0 Å². The zero-order valence-corrected chi connectivity index (χ0v) is 15.0. The topological polar surface area (TPSA) is 57.4 Å². The quantitative estimate of drug-likeness (QED) is 0.677. The molecule has 0 bridgehead atoms. The Balaban J connectivity index is 1.44. The molecule has 1 saturated heterocycles. The van der Waals surface area contributed by atoms with E-state index in [0.717, 1.165) is 17.7 Å². The molecule has 1 aromatic heterocycles. The van der Waals surface area contributed by atoms with Gasteiger partial charge in [-0.3, -0.25) is 0 Å². The zero-order chi connectivity index (χ0) is 17.9. The third kappa shape index (κ3) is 3.48. The first kappa shape index (κ1) is 16.8. The van der Waals surface area contributed by atoms with Gasteiger partial charge in [0.15, 0.2) is 6.61 Å². The summed E-state index contributed by atoms with van der Waals surface area (Å²) in [5, 5.41) is 8.39. The van der Waals surface area contributed by atoms with E-state index in [9.17, 15) is 0 Å². The summed E-state index contributed by atoms with van der Waals surface area (Å²) in [7, 11) is 0. The van der Waals surface area contributed by atoms with Crippen molar-refractivity contribution in [2.24, 2.45) is 0 Å². The molecule has 0 unspecified atom stereocenters. The molecule has 134 valence electrons. The molecule has 26 heavy (non-hydrogen) atoms. The maximum Gasteiger partial charge on any atom is 0.253 e. The van der Waals surface area contributed by atoms with Crippen LogP contribution in [0.2, 0.25) is 0 Å². The molecule has 4 rings (SSSR count). The number of aromatic nitrogens is 2. The second-order valence-electron chi connectivity index (χ2n) is 6.67. The molecule has 5 nitrogen and oxygen atoms in total. The summed E-state index contributed by atoms with van der Waals surface area (Å²) >= 11 is 0. The van der Waals surface area contributed by atoms with E-state index in [2.05, 4.69) is 36.2 Å². The van der Waals surface area contributed by atoms with Crippen molar-refractivity contribution in [2.45, 2.75) is 38.9 Å². The summed E-state index contributed by atoms with van der Waals surface area (Å²) in [4.78, 5) is 0. The maximum atomic E-state index is 5.91. The molecule has 0 saturated carbocycles. The van der Waals surface area contributed by atoms with Crippen LogP contribution >= 0.6 is 0 Å². The van der Waals surface area contributed by atoms with E-state index in [1.54, 1.807) is 0 Å². The Morgan fingerprint density at radius 3 is 2.69 bits per heavy atom. The fourth-order valence-electron chi connectivity index (χ4n) is 3.24. The predicted molar refractivity (Wildman–Crippen MR) is 97.0 cm³/mol. The highest BCUT2D eigenvalue weighted by atomic mass is 16.5. The lowest BCUT2D eigenvalue weighted by atomic mass is 9.95. The van der Waals surface area contributed by atoms with E-state index in [1.165, 1.54) is 11.1 Å². The van der Waals surface area contributed by atoms with Gasteiger partial charge in [-0.2, -0.15) is 0 Å². The van der Waals surface area contributed by atoms with Crippen molar-refractivity contribution >= 4 is 0 Å². The van der Waals surface area contributed by atoms with Gasteiger partial charge in [0.05, 0.1) is 12.0 Å². The predicted octanol–water partition coefficient (Wildman–Crippen LogP) is 4.51. The Hall–Kier alpha value is -2.66. The lowest BCUT2D eigenvalue weighted by Crippen LogP contribution is -2.06. The molecule has 0 spiro atoms. The lowest BCUT2D eigenvalue weighted by molar-refractivity contribution is 0.0993. The molecule has 2 heterocycles. The van der Waals surface area contributed by atoms with Crippen LogP contribution in [0.4, 0.5) is 0 Å². The number of rotatable bonds is 5. The van der Waals surface area contributed by atoms with E-state index in [0.29, 0.717) is 18.4 Å². The van der Waals surface area contributed by atoms with Crippen LogP contribution in [0.25, 0.3) is 0 Å². The van der Waals surface area contributed by atoms with E-state index in [4.69, 9.17) is 13.9 Å². The minimum atomic E-state index is -0.0369.